The molecule has 160 valence electrons. The highest BCUT2D eigenvalue weighted by atomic mass is 32.1. The molecule has 1 fully saturated rings. The lowest BCUT2D eigenvalue weighted by atomic mass is 9.90. The molecule has 2 amide bonds. The zero-order valence-corrected chi connectivity index (χ0v) is 18.0. The van der Waals surface area contributed by atoms with Crippen molar-refractivity contribution in [3.8, 4) is 11.1 Å². The summed E-state index contributed by atoms with van der Waals surface area (Å²) in [4.78, 5) is 31.8. The molecule has 1 atom stereocenters. The molecule has 3 heterocycles. The number of benzene rings is 1. The van der Waals surface area contributed by atoms with Crippen LogP contribution in [0.25, 0.3) is 11.1 Å². The lowest BCUT2D eigenvalue weighted by Gasteiger charge is -2.40. The van der Waals surface area contributed by atoms with Crippen LogP contribution in [0, 0.1) is 0 Å². The first kappa shape index (κ1) is 21.1. The molecule has 1 saturated heterocycles. The summed E-state index contributed by atoms with van der Waals surface area (Å²) >= 11 is 1.07. The van der Waals surface area contributed by atoms with Crippen molar-refractivity contribution in [3.63, 3.8) is 0 Å². The number of rotatable bonds is 6. The third kappa shape index (κ3) is 4.33. The van der Waals surface area contributed by atoms with Crippen LogP contribution in [0.5, 0.6) is 0 Å². The predicted octanol–water partition coefficient (Wildman–Crippen LogP) is 2.10. The molecule has 8 nitrogen and oxygen atoms in total. The van der Waals surface area contributed by atoms with Gasteiger partial charge < -0.3 is 15.4 Å². The Hall–Kier alpha value is -3.17. The average Bonchev–Trinajstić information content (AvgIpc) is 3.29. The van der Waals surface area contributed by atoms with Crippen molar-refractivity contribution >= 4 is 23.3 Å². The van der Waals surface area contributed by atoms with Crippen LogP contribution in [-0.4, -0.2) is 56.6 Å². The van der Waals surface area contributed by atoms with E-state index in [0.717, 1.165) is 28.2 Å². The van der Waals surface area contributed by atoms with Crippen LogP contribution in [0.1, 0.15) is 27.9 Å². The van der Waals surface area contributed by atoms with Crippen molar-refractivity contribution in [2.45, 2.75) is 25.4 Å². The first-order valence-corrected chi connectivity index (χ1v) is 10.8. The molecule has 1 aliphatic rings. The molecular weight excluding hydrogens is 414 g/mol. The molecule has 9 heteroatoms. The minimum absolute atomic E-state index is 0.0899. The molecule has 1 aromatic carbocycles. The van der Waals surface area contributed by atoms with Gasteiger partial charge in [0.25, 0.3) is 11.8 Å². The summed E-state index contributed by atoms with van der Waals surface area (Å²) in [5, 5.41) is 4.02. The molecule has 3 aromatic rings. The normalized spacial score (nSPS) is 18.7. The van der Waals surface area contributed by atoms with Crippen molar-refractivity contribution in [3.05, 3.63) is 64.9 Å². The Kier molecular flexibility index (Phi) is 6.06. The van der Waals surface area contributed by atoms with E-state index in [0.29, 0.717) is 23.5 Å². The molecule has 0 spiro atoms. The third-order valence-corrected chi connectivity index (χ3v) is 6.20. The first-order valence-electron chi connectivity index (χ1n) is 10.1. The van der Waals surface area contributed by atoms with Crippen LogP contribution < -0.4 is 5.73 Å². The molecule has 0 bridgehead atoms. The molecule has 1 unspecified atom stereocenters. The fourth-order valence-electron chi connectivity index (χ4n) is 3.72. The molecule has 31 heavy (non-hydrogen) atoms. The summed E-state index contributed by atoms with van der Waals surface area (Å²) in [6, 6.07) is 11.7. The van der Waals surface area contributed by atoms with E-state index in [-0.39, 0.29) is 25.5 Å². The maximum Gasteiger partial charge on any atom is 0.267 e. The third-order valence-electron chi connectivity index (χ3n) is 5.45. The summed E-state index contributed by atoms with van der Waals surface area (Å²) < 4.78 is 9.79. The highest BCUT2D eigenvalue weighted by Crippen LogP contribution is 2.27. The second-order valence-electron chi connectivity index (χ2n) is 7.45. The van der Waals surface area contributed by atoms with E-state index in [9.17, 15) is 9.59 Å². The Morgan fingerprint density at radius 3 is 2.71 bits per heavy atom. The van der Waals surface area contributed by atoms with E-state index >= 15 is 0 Å². The molecule has 1 aliphatic heterocycles. The molecule has 0 radical (unpaired) electrons. The van der Waals surface area contributed by atoms with E-state index in [1.165, 1.54) is 0 Å². The van der Waals surface area contributed by atoms with Crippen molar-refractivity contribution in [2.75, 3.05) is 19.7 Å². The van der Waals surface area contributed by atoms with Crippen molar-refractivity contribution in [1.82, 2.24) is 19.5 Å². The van der Waals surface area contributed by atoms with Gasteiger partial charge in [-0.25, -0.2) is 0 Å². The first-order chi connectivity index (χ1) is 15.0. The smallest absolute Gasteiger partial charge is 0.267 e. The minimum atomic E-state index is -1.28. The van der Waals surface area contributed by atoms with Gasteiger partial charge in [-0.2, -0.15) is 0 Å². The Balaban J connectivity index is 1.54. The van der Waals surface area contributed by atoms with Crippen LogP contribution in [0.4, 0.5) is 0 Å². The van der Waals surface area contributed by atoms with Gasteiger partial charge in [-0.15, -0.1) is 5.10 Å². The fourth-order valence-corrected chi connectivity index (χ4v) is 4.44. The van der Waals surface area contributed by atoms with Crippen molar-refractivity contribution in [1.29, 1.82) is 0 Å². The Labute approximate surface area is 184 Å². The summed E-state index contributed by atoms with van der Waals surface area (Å²) in [5.41, 5.74) is 8.09. The highest BCUT2D eigenvalue weighted by Gasteiger charge is 2.44. The van der Waals surface area contributed by atoms with Gasteiger partial charge in [-0.05, 0) is 40.7 Å². The van der Waals surface area contributed by atoms with Crippen LogP contribution in [-0.2, 0) is 22.4 Å². The SMILES string of the molecule is CCc1nnsc1C(=O)N1CCOC(Cc2ccc(-c3cccnc3)cc2)(C(N)=O)C1. The number of aryl methyl sites for hydroxylation is 1. The number of morpholine rings is 1. The quantitative estimate of drug-likeness (QED) is 0.632. The van der Waals surface area contributed by atoms with E-state index < -0.39 is 11.5 Å². The second-order valence-corrected chi connectivity index (χ2v) is 8.21. The zero-order valence-electron chi connectivity index (χ0n) is 17.2. The zero-order chi connectivity index (χ0) is 21.8. The second kappa shape index (κ2) is 8.91. The number of hydrogen-bond donors (Lipinski definition) is 1. The number of carbonyl (C=O) groups excluding carboxylic acids is 2. The largest absolute Gasteiger partial charge is 0.367 e. The van der Waals surface area contributed by atoms with Gasteiger partial charge in [0, 0.05) is 25.4 Å². The van der Waals surface area contributed by atoms with E-state index in [1.54, 1.807) is 17.3 Å². The maximum atomic E-state index is 13.0. The molecule has 2 aromatic heterocycles. The molecule has 0 aliphatic carbocycles. The Morgan fingerprint density at radius 2 is 2.03 bits per heavy atom. The number of ether oxygens (including phenoxy) is 1. The summed E-state index contributed by atoms with van der Waals surface area (Å²) in [6.07, 6.45) is 4.42. The molecular formula is C22H23N5O3S. The molecule has 4 rings (SSSR count). The lowest BCUT2D eigenvalue weighted by molar-refractivity contribution is -0.153. The number of amides is 2. The van der Waals surface area contributed by atoms with Crippen LogP contribution in [0.15, 0.2) is 48.8 Å². The van der Waals surface area contributed by atoms with Crippen molar-refractivity contribution < 1.29 is 14.3 Å². The standard InChI is InChI=1S/C22H23N5O3S/c1-2-18-19(31-26-25-18)20(28)27-10-11-30-22(14-27,21(23)29)12-15-5-7-16(8-6-15)17-4-3-9-24-13-17/h3-9,13H,2,10-12,14H2,1H3,(H2,23,29). The average molecular weight is 438 g/mol. The fraction of sp³-hybridized carbons (Fsp3) is 0.318. The van der Waals surface area contributed by atoms with Crippen molar-refractivity contribution in [2.24, 2.45) is 5.73 Å². The molecule has 0 saturated carbocycles. The highest BCUT2D eigenvalue weighted by molar-refractivity contribution is 7.08. The topological polar surface area (TPSA) is 111 Å². The number of pyridine rings is 1. The van der Waals surface area contributed by atoms with Gasteiger partial charge in [0.15, 0.2) is 5.60 Å². The summed E-state index contributed by atoms with van der Waals surface area (Å²) in [6.45, 7) is 2.63. The predicted molar refractivity (Wildman–Crippen MR) is 116 cm³/mol. The Morgan fingerprint density at radius 1 is 1.23 bits per heavy atom. The van der Waals surface area contributed by atoms with Gasteiger partial charge in [0.2, 0.25) is 0 Å². The number of carbonyl (C=O) groups is 2. The molecule has 2 N–H and O–H groups in total. The maximum absolute atomic E-state index is 13.0. The number of hydrogen-bond acceptors (Lipinski definition) is 7. The van der Waals surface area contributed by atoms with Gasteiger partial charge in [-0.1, -0.05) is 41.7 Å². The van der Waals surface area contributed by atoms with Crippen LogP contribution in [0.3, 0.4) is 0 Å². The van der Waals surface area contributed by atoms with Gasteiger partial charge in [-0.3, -0.25) is 14.6 Å². The van der Waals surface area contributed by atoms with E-state index in [1.807, 2.05) is 43.3 Å². The van der Waals surface area contributed by atoms with Gasteiger partial charge in [0.05, 0.1) is 18.8 Å². The summed E-state index contributed by atoms with van der Waals surface area (Å²) in [7, 11) is 0. The van der Waals surface area contributed by atoms with Gasteiger partial charge in [0.1, 0.15) is 4.88 Å². The monoisotopic (exact) mass is 437 g/mol. The van der Waals surface area contributed by atoms with Crippen LogP contribution in [0.2, 0.25) is 0 Å². The lowest BCUT2D eigenvalue weighted by Crippen LogP contribution is -2.61. The number of nitrogens with two attached hydrogens (primary N) is 1. The minimum Gasteiger partial charge on any atom is -0.367 e. The summed E-state index contributed by atoms with van der Waals surface area (Å²) in [5.74, 6) is -0.771. The number of nitrogens with zero attached hydrogens (tertiary/aromatic N) is 4. The van der Waals surface area contributed by atoms with Crippen LogP contribution >= 0.6 is 11.5 Å². The number of primary amides is 1. The number of aromatic nitrogens is 3. The van der Waals surface area contributed by atoms with E-state index in [2.05, 4.69) is 14.6 Å². The Bertz CT molecular complexity index is 1070. The van der Waals surface area contributed by atoms with E-state index in [4.69, 9.17) is 10.5 Å². The van der Waals surface area contributed by atoms with Gasteiger partial charge >= 0.3 is 0 Å².